The monoisotopic (exact) mass is 388 g/mol. The third-order valence-corrected chi connectivity index (χ3v) is 4.68. The summed E-state index contributed by atoms with van der Waals surface area (Å²) in [6.45, 7) is -0.749. The van der Waals surface area contributed by atoms with E-state index in [1.807, 2.05) is 7.05 Å². The van der Waals surface area contributed by atoms with Crippen molar-refractivity contribution in [1.82, 2.24) is 24.6 Å². The number of carbonyl (C=O) groups is 1. The van der Waals surface area contributed by atoms with Crippen LogP contribution in [0.25, 0.3) is 11.0 Å². The minimum absolute atomic E-state index is 0.0283. The fourth-order valence-electron chi connectivity index (χ4n) is 3.31. The SMILES string of the molecule is Cn1ncc2c(N3CCN(C(=O)c4cccc(OC(F)F)c4)CC3)ncnc21. The molecule has 0 saturated carbocycles. The summed E-state index contributed by atoms with van der Waals surface area (Å²) in [6, 6.07) is 5.86. The number of hydrogen-bond acceptors (Lipinski definition) is 6. The number of benzene rings is 1. The van der Waals surface area contributed by atoms with Gasteiger partial charge in [-0.25, -0.2) is 9.97 Å². The first-order valence-electron chi connectivity index (χ1n) is 8.75. The molecule has 4 rings (SSSR count). The molecule has 0 N–H and O–H groups in total. The van der Waals surface area contributed by atoms with E-state index in [0.717, 1.165) is 16.9 Å². The summed E-state index contributed by atoms with van der Waals surface area (Å²) in [7, 11) is 1.82. The molecule has 0 unspecified atom stereocenters. The molecular formula is C18H18F2N6O2. The highest BCUT2D eigenvalue weighted by molar-refractivity contribution is 5.95. The molecule has 0 aliphatic carbocycles. The predicted octanol–water partition coefficient (Wildman–Crippen LogP) is 1.93. The van der Waals surface area contributed by atoms with Gasteiger partial charge in [0.05, 0.1) is 11.6 Å². The average Bonchev–Trinajstić information content (AvgIpc) is 3.08. The van der Waals surface area contributed by atoms with Crippen LogP contribution in [0.4, 0.5) is 14.6 Å². The zero-order chi connectivity index (χ0) is 19.7. The second-order valence-electron chi connectivity index (χ2n) is 6.39. The molecule has 146 valence electrons. The summed E-state index contributed by atoms with van der Waals surface area (Å²) < 4.78 is 30.8. The van der Waals surface area contributed by atoms with E-state index in [0.29, 0.717) is 31.7 Å². The van der Waals surface area contributed by atoms with Crippen molar-refractivity contribution in [1.29, 1.82) is 0 Å². The molecule has 0 atom stereocenters. The maximum Gasteiger partial charge on any atom is 0.387 e. The van der Waals surface area contributed by atoms with Crippen molar-refractivity contribution in [3.8, 4) is 5.75 Å². The van der Waals surface area contributed by atoms with Crippen molar-refractivity contribution < 1.29 is 18.3 Å². The van der Waals surface area contributed by atoms with Crippen molar-refractivity contribution in [2.75, 3.05) is 31.1 Å². The van der Waals surface area contributed by atoms with Gasteiger partial charge in [-0.3, -0.25) is 9.48 Å². The van der Waals surface area contributed by atoms with Gasteiger partial charge in [0.25, 0.3) is 5.91 Å². The van der Waals surface area contributed by atoms with Crippen molar-refractivity contribution in [3.05, 3.63) is 42.4 Å². The molecule has 1 saturated heterocycles. The zero-order valence-electron chi connectivity index (χ0n) is 15.1. The number of hydrogen-bond donors (Lipinski definition) is 0. The minimum atomic E-state index is -2.92. The fourth-order valence-corrected chi connectivity index (χ4v) is 3.31. The maximum absolute atomic E-state index is 12.7. The van der Waals surface area contributed by atoms with Gasteiger partial charge < -0.3 is 14.5 Å². The average molecular weight is 388 g/mol. The Balaban J connectivity index is 1.46. The highest BCUT2D eigenvalue weighted by Crippen LogP contribution is 2.24. The van der Waals surface area contributed by atoms with Gasteiger partial charge in [-0.1, -0.05) is 6.07 Å². The summed E-state index contributed by atoms with van der Waals surface area (Å²) in [5.74, 6) is 0.547. The van der Waals surface area contributed by atoms with Crippen LogP contribution in [0.1, 0.15) is 10.4 Å². The van der Waals surface area contributed by atoms with Gasteiger partial charge in [-0.15, -0.1) is 0 Å². The molecule has 1 aromatic carbocycles. The third-order valence-electron chi connectivity index (χ3n) is 4.68. The van der Waals surface area contributed by atoms with Crippen LogP contribution in [0, 0.1) is 0 Å². The van der Waals surface area contributed by atoms with E-state index in [2.05, 4.69) is 24.7 Å². The Hall–Kier alpha value is -3.30. The minimum Gasteiger partial charge on any atom is -0.435 e. The van der Waals surface area contributed by atoms with E-state index in [1.54, 1.807) is 21.8 Å². The lowest BCUT2D eigenvalue weighted by Crippen LogP contribution is -2.49. The molecule has 2 aromatic heterocycles. The van der Waals surface area contributed by atoms with Crippen molar-refractivity contribution in [3.63, 3.8) is 0 Å². The van der Waals surface area contributed by atoms with E-state index >= 15 is 0 Å². The van der Waals surface area contributed by atoms with Gasteiger partial charge in [0.2, 0.25) is 0 Å². The molecule has 8 nitrogen and oxygen atoms in total. The van der Waals surface area contributed by atoms with Crippen LogP contribution < -0.4 is 9.64 Å². The quantitative estimate of drug-likeness (QED) is 0.680. The highest BCUT2D eigenvalue weighted by Gasteiger charge is 2.25. The molecule has 28 heavy (non-hydrogen) atoms. The fraction of sp³-hybridized carbons (Fsp3) is 0.333. The van der Waals surface area contributed by atoms with Gasteiger partial charge >= 0.3 is 6.61 Å². The Morgan fingerprint density at radius 1 is 1.18 bits per heavy atom. The molecule has 1 amide bonds. The van der Waals surface area contributed by atoms with Gasteiger partial charge in [0, 0.05) is 38.8 Å². The summed E-state index contributed by atoms with van der Waals surface area (Å²) in [4.78, 5) is 25.1. The standard InChI is InChI=1S/C18H18F2N6O2/c1-24-15-14(10-23-24)16(22-11-21-15)25-5-7-26(8-6-25)17(27)12-3-2-4-13(9-12)28-18(19)20/h2-4,9-11,18H,5-8H2,1H3. The number of alkyl halides is 2. The lowest BCUT2D eigenvalue weighted by atomic mass is 10.1. The normalized spacial score (nSPS) is 14.7. The Bertz CT molecular complexity index is 1000. The predicted molar refractivity (Wildman–Crippen MR) is 97.5 cm³/mol. The molecule has 3 aromatic rings. The first kappa shape index (κ1) is 18.1. The van der Waals surface area contributed by atoms with E-state index in [4.69, 9.17) is 0 Å². The molecule has 0 bridgehead atoms. The van der Waals surface area contributed by atoms with Crippen molar-refractivity contribution in [2.24, 2.45) is 7.05 Å². The molecule has 1 aliphatic rings. The molecule has 10 heteroatoms. The van der Waals surface area contributed by atoms with Crippen molar-refractivity contribution >= 4 is 22.8 Å². The van der Waals surface area contributed by atoms with Gasteiger partial charge in [0.15, 0.2) is 5.65 Å². The summed E-state index contributed by atoms with van der Waals surface area (Å²) in [5.41, 5.74) is 1.07. The van der Waals surface area contributed by atoms with Gasteiger partial charge in [0.1, 0.15) is 17.9 Å². The zero-order valence-corrected chi connectivity index (χ0v) is 15.1. The highest BCUT2D eigenvalue weighted by atomic mass is 19.3. The van der Waals surface area contributed by atoms with E-state index in [-0.39, 0.29) is 11.7 Å². The Labute approximate surface area is 159 Å². The Morgan fingerprint density at radius 3 is 2.71 bits per heavy atom. The number of ether oxygens (including phenoxy) is 1. The van der Waals surface area contributed by atoms with E-state index in [9.17, 15) is 13.6 Å². The van der Waals surface area contributed by atoms with Crippen LogP contribution in [-0.2, 0) is 7.05 Å². The van der Waals surface area contributed by atoms with E-state index < -0.39 is 6.61 Å². The second-order valence-corrected chi connectivity index (χ2v) is 6.39. The number of halogens is 2. The van der Waals surface area contributed by atoms with Crippen LogP contribution in [0.2, 0.25) is 0 Å². The number of fused-ring (bicyclic) bond motifs is 1. The summed E-state index contributed by atoms with van der Waals surface area (Å²) in [6.07, 6.45) is 3.24. The van der Waals surface area contributed by atoms with Crippen LogP contribution in [0.15, 0.2) is 36.8 Å². The Kier molecular flexibility index (Phi) is 4.76. The molecule has 3 heterocycles. The number of aryl methyl sites for hydroxylation is 1. The molecule has 0 radical (unpaired) electrons. The van der Waals surface area contributed by atoms with Gasteiger partial charge in [-0.2, -0.15) is 13.9 Å². The molecule has 1 aliphatic heterocycles. The third kappa shape index (κ3) is 3.45. The number of aromatic nitrogens is 4. The van der Waals surface area contributed by atoms with Gasteiger partial charge in [-0.05, 0) is 18.2 Å². The Morgan fingerprint density at radius 2 is 1.96 bits per heavy atom. The van der Waals surface area contributed by atoms with E-state index in [1.165, 1.54) is 24.5 Å². The molecular weight excluding hydrogens is 370 g/mol. The number of nitrogens with zero attached hydrogens (tertiary/aromatic N) is 6. The van der Waals surface area contributed by atoms with Crippen molar-refractivity contribution in [2.45, 2.75) is 6.61 Å². The molecule has 0 spiro atoms. The number of rotatable bonds is 4. The largest absolute Gasteiger partial charge is 0.435 e. The topological polar surface area (TPSA) is 76.4 Å². The number of piperazine rings is 1. The number of amides is 1. The lowest BCUT2D eigenvalue weighted by Gasteiger charge is -2.35. The van der Waals surface area contributed by atoms with Crippen LogP contribution >= 0.6 is 0 Å². The molecule has 1 fully saturated rings. The first-order chi connectivity index (χ1) is 13.5. The maximum atomic E-state index is 12.7. The summed E-state index contributed by atoms with van der Waals surface area (Å²) >= 11 is 0. The first-order valence-corrected chi connectivity index (χ1v) is 8.75. The number of carbonyl (C=O) groups excluding carboxylic acids is 1. The van der Waals surface area contributed by atoms with Crippen LogP contribution in [0.3, 0.4) is 0 Å². The summed E-state index contributed by atoms with van der Waals surface area (Å²) in [5, 5.41) is 5.08. The van der Waals surface area contributed by atoms with Crippen LogP contribution in [-0.4, -0.2) is 63.3 Å². The second kappa shape index (κ2) is 7.37. The van der Waals surface area contributed by atoms with Crippen LogP contribution in [0.5, 0.6) is 5.75 Å². The lowest BCUT2D eigenvalue weighted by molar-refractivity contribution is -0.0499. The number of anilines is 1. The smallest absolute Gasteiger partial charge is 0.387 e.